The summed E-state index contributed by atoms with van der Waals surface area (Å²) in [6.07, 6.45) is 1.79. The van der Waals surface area contributed by atoms with Crippen LogP contribution in [0.3, 0.4) is 0 Å². The fourth-order valence-electron chi connectivity index (χ4n) is 2.01. The van der Waals surface area contributed by atoms with Crippen LogP contribution in [0, 0.1) is 0 Å². The smallest absolute Gasteiger partial charge is 0.307 e. The van der Waals surface area contributed by atoms with Crippen LogP contribution in [-0.2, 0) is 0 Å². The van der Waals surface area contributed by atoms with E-state index >= 15 is 0 Å². The number of rotatable bonds is 1. The molecule has 0 unspecified atom stereocenters. The summed E-state index contributed by atoms with van der Waals surface area (Å²) in [6, 6.07) is 5.84. The monoisotopic (exact) mass is 336 g/mol. The van der Waals surface area contributed by atoms with E-state index in [0.717, 1.165) is 38.3 Å². The topological polar surface area (TPSA) is 65.5 Å². The minimum Gasteiger partial charge on any atom is -0.493 e. The molecule has 2 N–H and O–H groups in total. The quantitative estimate of drug-likeness (QED) is 0.836. The summed E-state index contributed by atoms with van der Waals surface area (Å²) in [5.41, 5.74) is 3.66. The van der Waals surface area contributed by atoms with Crippen LogP contribution in [0.1, 0.15) is 17.4 Å². The summed E-state index contributed by atoms with van der Waals surface area (Å²) < 4.78 is 0.930. The number of hydrogen-bond acceptors (Lipinski definition) is 4. The zero-order valence-electron chi connectivity index (χ0n) is 9.90. The molecule has 4 nitrogen and oxygen atoms in total. The van der Waals surface area contributed by atoms with Crippen LogP contribution in [0.2, 0.25) is 0 Å². The molecule has 0 radical (unpaired) electrons. The average Bonchev–Trinajstić information content (AvgIpc) is 2.83. The molecule has 0 spiro atoms. The molecule has 0 atom stereocenters. The van der Waals surface area contributed by atoms with Gasteiger partial charge >= 0.3 is 4.87 Å². The van der Waals surface area contributed by atoms with Crippen LogP contribution in [0.5, 0.6) is 5.88 Å². The van der Waals surface area contributed by atoms with Gasteiger partial charge in [0, 0.05) is 21.3 Å². The maximum Gasteiger partial charge on any atom is 0.307 e. The highest BCUT2D eigenvalue weighted by atomic mass is 79.9. The molecule has 3 rings (SSSR count). The molecular formula is C13H9BrN2O2S. The van der Waals surface area contributed by atoms with E-state index in [4.69, 9.17) is 0 Å². The third-order valence-electron chi connectivity index (χ3n) is 2.88. The van der Waals surface area contributed by atoms with Crippen LogP contribution in [0.25, 0.3) is 11.6 Å². The Balaban J connectivity index is 2.19. The number of benzene rings is 1. The minimum atomic E-state index is -0.272. The molecule has 2 aromatic rings. The van der Waals surface area contributed by atoms with Crippen LogP contribution >= 0.6 is 27.3 Å². The van der Waals surface area contributed by atoms with E-state index in [-0.39, 0.29) is 10.8 Å². The maximum absolute atomic E-state index is 11.2. The van der Waals surface area contributed by atoms with Crippen LogP contribution in [-0.4, -0.2) is 15.8 Å². The maximum atomic E-state index is 11.2. The number of aromatic hydroxyl groups is 1. The zero-order chi connectivity index (χ0) is 13.6. The van der Waals surface area contributed by atoms with Gasteiger partial charge in [0.15, 0.2) is 0 Å². The van der Waals surface area contributed by atoms with Crippen molar-refractivity contribution in [1.29, 1.82) is 0 Å². The third-order valence-corrected chi connectivity index (χ3v) is 4.34. The number of aliphatic imine (C=N–C) groups is 1. The number of fused-ring (bicyclic) bond motifs is 1. The largest absolute Gasteiger partial charge is 0.493 e. The van der Waals surface area contributed by atoms with Gasteiger partial charge in [0.1, 0.15) is 0 Å². The van der Waals surface area contributed by atoms with Gasteiger partial charge in [-0.3, -0.25) is 14.8 Å². The lowest BCUT2D eigenvalue weighted by Crippen LogP contribution is -1.89. The third kappa shape index (κ3) is 2.06. The molecule has 96 valence electrons. The van der Waals surface area contributed by atoms with Crippen molar-refractivity contribution in [3.63, 3.8) is 0 Å². The second-order valence-corrected chi connectivity index (χ2v) is 5.99. The lowest BCUT2D eigenvalue weighted by Gasteiger charge is -2.01. The van der Waals surface area contributed by atoms with E-state index in [1.165, 1.54) is 0 Å². The number of allylic oxidation sites excluding steroid dienone is 1. The van der Waals surface area contributed by atoms with Crippen LogP contribution in [0.15, 0.2) is 32.5 Å². The Bertz CT molecular complexity index is 786. The molecule has 0 saturated carbocycles. The molecule has 0 bridgehead atoms. The summed E-state index contributed by atoms with van der Waals surface area (Å²) in [5.74, 6) is -0.0984. The van der Waals surface area contributed by atoms with E-state index in [2.05, 4.69) is 25.9 Å². The molecule has 1 aliphatic heterocycles. The highest BCUT2D eigenvalue weighted by molar-refractivity contribution is 9.10. The molecule has 1 aliphatic rings. The summed E-state index contributed by atoms with van der Waals surface area (Å²) in [5, 5.41) is 9.64. The summed E-state index contributed by atoms with van der Waals surface area (Å²) in [4.78, 5) is 18.3. The number of halogens is 1. The Morgan fingerprint density at radius 3 is 2.95 bits per heavy atom. The van der Waals surface area contributed by atoms with Gasteiger partial charge in [0.25, 0.3) is 0 Å². The van der Waals surface area contributed by atoms with Crippen molar-refractivity contribution in [3.05, 3.63) is 42.8 Å². The van der Waals surface area contributed by atoms with Crippen LogP contribution < -0.4 is 4.87 Å². The predicted octanol–water partition coefficient (Wildman–Crippen LogP) is 3.55. The van der Waals surface area contributed by atoms with Crippen molar-refractivity contribution in [3.8, 4) is 5.88 Å². The molecule has 0 amide bonds. The van der Waals surface area contributed by atoms with Crippen LogP contribution in [0.4, 0.5) is 5.69 Å². The van der Waals surface area contributed by atoms with Crippen molar-refractivity contribution in [1.82, 2.24) is 4.98 Å². The van der Waals surface area contributed by atoms with E-state index in [0.29, 0.717) is 4.88 Å². The predicted molar refractivity (Wildman–Crippen MR) is 81.4 cm³/mol. The Labute approximate surface area is 121 Å². The Morgan fingerprint density at radius 2 is 2.26 bits per heavy atom. The number of hydrogen-bond donors (Lipinski definition) is 2. The molecule has 1 aromatic heterocycles. The minimum absolute atomic E-state index is 0.0984. The lowest BCUT2D eigenvalue weighted by molar-refractivity contribution is 0.455. The van der Waals surface area contributed by atoms with Gasteiger partial charge < -0.3 is 5.11 Å². The standard InChI is InChI=1S/C13H9BrN2O2S/c1-6-8(5-10-12(17)16-13(18)19-10)7-3-2-4-9(14)11(7)15-6/h2-5,17H,1H3,(H,16,18)/b8-5+. The van der Waals surface area contributed by atoms with Gasteiger partial charge in [-0.1, -0.05) is 23.5 Å². The van der Waals surface area contributed by atoms with Crippen molar-refractivity contribution in [2.24, 2.45) is 4.99 Å². The van der Waals surface area contributed by atoms with E-state index < -0.39 is 0 Å². The first-order chi connectivity index (χ1) is 9.06. The normalized spacial score (nSPS) is 15.7. The second kappa shape index (κ2) is 4.47. The van der Waals surface area contributed by atoms with Gasteiger partial charge in [-0.15, -0.1) is 0 Å². The van der Waals surface area contributed by atoms with Crippen molar-refractivity contribution in [2.75, 3.05) is 0 Å². The van der Waals surface area contributed by atoms with Gasteiger partial charge in [0.05, 0.1) is 10.6 Å². The van der Waals surface area contributed by atoms with E-state index in [1.54, 1.807) is 6.08 Å². The van der Waals surface area contributed by atoms with E-state index in [9.17, 15) is 9.90 Å². The van der Waals surface area contributed by atoms with Crippen molar-refractivity contribution < 1.29 is 5.11 Å². The van der Waals surface area contributed by atoms with Gasteiger partial charge in [-0.25, -0.2) is 0 Å². The molecule has 19 heavy (non-hydrogen) atoms. The molecule has 0 fully saturated rings. The Hall–Kier alpha value is -1.66. The molecule has 2 heterocycles. The van der Waals surface area contributed by atoms with Crippen molar-refractivity contribution in [2.45, 2.75) is 6.92 Å². The Morgan fingerprint density at radius 1 is 1.47 bits per heavy atom. The lowest BCUT2D eigenvalue weighted by atomic mass is 10.0. The molecule has 0 saturated heterocycles. The number of nitrogens with zero attached hydrogens (tertiary/aromatic N) is 1. The number of H-pyrrole nitrogens is 1. The number of para-hydroxylation sites is 1. The second-order valence-electron chi connectivity index (χ2n) is 4.12. The fraction of sp³-hybridized carbons (Fsp3) is 0.0769. The first kappa shape index (κ1) is 12.4. The zero-order valence-corrected chi connectivity index (χ0v) is 12.3. The Kier molecular flexibility index (Phi) is 2.91. The first-order valence-electron chi connectivity index (χ1n) is 5.54. The number of aromatic nitrogens is 1. The molecule has 1 aromatic carbocycles. The molecule has 0 aliphatic carbocycles. The highest BCUT2D eigenvalue weighted by Crippen LogP contribution is 2.41. The fourth-order valence-corrected chi connectivity index (χ4v) is 3.14. The molecule has 6 heteroatoms. The first-order valence-corrected chi connectivity index (χ1v) is 7.15. The summed E-state index contributed by atoms with van der Waals surface area (Å²) in [6.45, 7) is 1.91. The summed E-state index contributed by atoms with van der Waals surface area (Å²) in [7, 11) is 0. The molecular weight excluding hydrogens is 328 g/mol. The van der Waals surface area contributed by atoms with Gasteiger partial charge in [0.2, 0.25) is 5.88 Å². The number of nitrogens with one attached hydrogen (secondary N) is 1. The number of aromatic amines is 1. The SMILES string of the molecule is CC1=Nc2c(Br)cccc2/C1=C/c1sc(=O)[nH]c1O. The van der Waals surface area contributed by atoms with Gasteiger partial charge in [-0.05, 0) is 35.0 Å². The highest BCUT2D eigenvalue weighted by Gasteiger charge is 2.20. The average molecular weight is 337 g/mol. The summed E-state index contributed by atoms with van der Waals surface area (Å²) >= 11 is 4.45. The van der Waals surface area contributed by atoms with Gasteiger partial charge in [-0.2, -0.15) is 0 Å². The van der Waals surface area contributed by atoms with E-state index in [1.807, 2.05) is 25.1 Å². The number of thiazole rings is 1. The van der Waals surface area contributed by atoms with Crippen molar-refractivity contribution >= 4 is 50.3 Å².